The summed E-state index contributed by atoms with van der Waals surface area (Å²) in [6.45, 7) is 1.71. The van der Waals surface area contributed by atoms with Crippen molar-refractivity contribution < 1.29 is 8.42 Å². The van der Waals surface area contributed by atoms with E-state index in [1.165, 1.54) is 12.8 Å². The zero-order chi connectivity index (χ0) is 9.95. The zero-order valence-corrected chi connectivity index (χ0v) is 10.5. The molecule has 78 valence electrons. The molecular formula is C9H17BrO2S. The van der Waals surface area contributed by atoms with Gasteiger partial charge in [-0.15, -0.1) is 0 Å². The molecule has 0 atom stereocenters. The van der Waals surface area contributed by atoms with Crippen LogP contribution in [0.1, 0.15) is 32.6 Å². The standard InChI is InChI=1S/C9H17BrO2S/c1-2-13(11,12)7-3-4-9(8-10)5-6-9/h2-8H2,1H3. The molecule has 0 aromatic rings. The van der Waals surface area contributed by atoms with Gasteiger partial charge in [-0.3, -0.25) is 0 Å². The van der Waals surface area contributed by atoms with E-state index in [1.54, 1.807) is 6.92 Å². The molecular weight excluding hydrogens is 252 g/mol. The normalized spacial score (nSPS) is 20.2. The van der Waals surface area contributed by atoms with E-state index in [2.05, 4.69) is 15.9 Å². The number of halogens is 1. The minimum absolute atomic E-state index is 0.286. The second kappa shape index (κ2) is 4.30. The molecule has 1 aliphatic rings. The lowest BCUT2D eigenvalue weighted by Gasteiger charge is -2.10. The Labute approximate surface area is 89.1 Å². The molecule has 0 radical (unpaired) electrons. The molecule has 1 aliphatic carbocycles. The van der Waals surface area contributed by atoms with Crippen LogP contribution in [0.25, 0.3) is 0 Å². The first-order valence-corrected chi connectivity index (χ1v) is 7.74. The summed E-state index contributed by atoms with van der Waals surface area (Å²) in [6, 6.07) is 0. The van der Waals surface area contributed by atoms with E-state index in [0.29, 0.717) is 11.2 Å². The van der Waals surface area contributed by atoms with Gasteiger partial charge in [-0.25, -0.2) is 8.42 Å². The molecule has 0 saturated heterocycles. The summed E-state index contributed by atoms with van der Waals surface area (Å²) < 4.78 is 22.4. The lowest BCUT2D eigenvalue weighted by atomic mass is 10.0. The van der Waals surface area contributed by atoms with Gasteiger partial charge >= 0.3 is 0 Å². The van der Waals surface area contributed by atoms with Crippen molar-refractivity contribution in [3.63, 3.8) is 0 Å². The average Bonchev–Trinajstić information content (AvgIpc) is 2.85. The van der Waals surface area contributed by atoms with Crippen molar-refractivity contribution in [1.29, 1.82) is 0 Å². The molecule has 0 aromatic heterocycles. The number of rotatable bonds is 6. The summed E-state index contributed by atoms with van der Waals surface area (Å²) in [5.41, 5.74) is 0.462. The summed E-state index contributed by atoms with van der Waals surface area (Å²) >= 11 is 3.48. The second-order valence-electron chi connectivity index (χ2n) is 3.97. The molecule has 1 rings (SSSR count). The first kappa shape index (κ1) is 11.5. The quantitative estimate of drug-likeness (QED) is 0.694. The molecule has 0 unspecified atom stereocenters. The third kappa shape index (κ3) is 3.58. The third-order valence-electron chi connectivity index (χ3n) is 2.84. The molecule has 2 nitrogen and oxygen atoms in total. The molecule has 0 aliphatic heterocycles. The number of hydrogen-bond acceptors (Lipinski definition) is 2. The topological polar surface area (TPSA) is 34.1 Å². The zero-order valence-electron chi connectivity index (χ0n) is 8.05. The Bertz CT molecular complexity index is 255. The van der Waals surface area contributed by atoms with Crippen LogP contribution in [0.3, 0.4) is 0 Å². The Kier molecular flexibility index (Phi) is 3.81. The van der Waals surface area contributed by atoms with Crippen LogP contribution < -0.4 is 0 Å². The van der Waals surface area contributed by atoms with Crippen LogP contribution in [0.15, 0.2) is 0 Å². The Morgan fingerprint density at radius 1 is 1.38 bits per heavy atom. The summed E-state index contributed by atoms with van der Waals surface area (Å²) in [5.74, 6) is 0.659. The van der Waals surface area contributed by atoms with E-state index in [1.807, 2.05) is 0 Å². The fourth-order valence-corrected chi connectivity index (χ4v) is 3.15. The predicted molar refractivity (Wildman–Crippen MR) is 59.0 cm³/mol. The van der Waals surface area contributed by atoms with Crippen LogP contribution >= 0.6 is 15.9 Å². The number of alkyl halides is 1. The van der Waals surface area contributed by atoms with E-state index in [-0.39, 0.29) is 5.75 Å². The van der Waals surface area contributed by atoms with E-state index in [0.717, 1.165) is 18.2 Å². The molecule has 0 amide bonds. The van der Waals surface area contributed by atoms with Gasteiger partial charge in [0, 0.05) is 11.1 Å². The minimum Gasteiger partial charge on any atom is -0.229 e. The van der Waals surface area contributed by atoms with Gasteiger partial charge in [0.2, 0.25) is 0 Å². The first-order chi connectivity index (χ1) is 6.04. The molecule has 4 heteroatoms. The van der Waals surface area contributed by atoms with Crippen molar-refractivity contribution in [2.75, 3.05) is 16.8 Å². The maximum atomic E-state index is 11.2. The van der Waals surface area contributed by atoms with Gasteiger partial charge in [-0.05, 0) is 31.1 Å². The lowest BCUT2D eigenvalue weighted by molar-refractivity contribution is 0.518. The van der Waals surface area contributed by atoms with Crippen LogP contribution in [0.5, 0.6) is 0 Å². The average molecular weight is 269 g/mol. The summed E-state index contributed by atoms with van der Waals surface area (Å²) in [6.07, 6.45) is 4.44. The van der Waals surface area contributed by atoms with E-state index >= 15 is 0 Å². The Balaban J connectivity index is 2.21. The summed E-state index contributed by atoms with van der Waals surface area (Å²) in [5, 5.41) is 1.03. The lowest BCUT2D eigenvalue weighted by Crippen LogP contribution is -2.11. The third-order valence-corrected chi connectivity index (χ3v) is 5.82. The number of sulfone groups is 1. The minimum atomic E-state index is -2.74. The van der Waals surface area contributed by atoms with E-state index in [4.69, 9.17) is 0 Å². The van der Waals surface area contributed by atoms with Gasteiger partial charge in [0.1, 0.15) is 9.84 Å². The summed E-state index contributed by atoms with van der Waals surface area (Å²) in [7, 11) is -2.74. The van der Waals surface area contributed by atoms with Gasteiger partial charge in [0.25, 0.3) is 0 Å². The predicted octanol–water partition coefficient (Wildman–Crippen LogP) is 2.38. The maximum absolute atomic E-state index is 11.2. The highest BCUT2D eigenvalue weighted by molar-refractivity contribution is 9.09. The Hall–Kier alpha value is 0.430. The fraction of sp³-hybridized carbons (Fsp3) is 1.00. The van der Waals surface area contributed by atoms with Gasteiger partial charge in [0.15, 0.2) is 0 Å². The smallest absolute Gasteiger partial charge is 0.150 e. The van der Waals surface area contributed by atoms with Crippen molar-refractivity contribution in [1.82, 2.24) is 0 Å². The van der Waals surface area contributed by atoms with Crippen molar-refractivity contribution >= 4 is 25.8 Å². The van der Waals surface area contributed by atoms with Crippen molar-refractivity contribution in [3.05, 3.63) is 0 Å². The van der Waals surface area contributed by atoms with Gasteiger partial charge in [-0.2, -0.15) is 0 Å². The summed E-state index contributed by atoms with van der Waals surface area (Å²) in [4.78, 5) is 0. The van der Waals surface area contributed by atoms with Crippen molar-refractivity contribution in [3.8, 4) is 0 Å². The molecule has 0 spiro atoms. The van der Waals surface area contributed by atoms with E-state index in [9.17, 15) is 8.42 Å². The molecule has 1 fully saturated rings. The largest absolute Gasteiger partial charge is 0.229 e. The molecule has 1 saturated carbocycles. The molecule has 0 N–H and O–H groups in total. The SMILES string of the molecule is CCS(=O)(=O)CCCC1(CBr)CC1. The van der Waals surface area contributed by atoms with Crippen LogP contribution in [0.2, 0.25) is 0 Å². The monoisotopic (exact) mass is 268 g/mol. The van der Waals surface area contributed by atoms with Gasteiger partial charge < -0.3 is 0 Å². The maximum Gasteiger partial charge on any atom is 0.150 e. The van der Waals surface area contributed by atoms with Crippen LogP contribution in [-0.4, -0.2) is 25.3 Å². The van der Waals surface area contributed by atoms with Crippen molar-refractivity contribution in [2.24, 2.45) is 5.41 Å². The highest BCUT2D eigenvalue weighted by atomic mass is 79.9. The molecule has 0 heterocycles. The molecule has 13 heavy (non-hydrogen) atoms. The van der Waals surface area contributed by atoms with Crippen LogP contribution in [0, 0.1) is 5.41 Å². The Morgan fingerprint density at radius 3 is 2.38 bits per heavy atom. The first-order valence-electron chi connectivity index (χ1n) is 4.80. The fourth-order valence-electron chi connectivity index (χ4n) is 1.44. The highest BCUT2D eigenvalue weighted by Gasteiger charge is 2.40. The molecule has 0 aromatic carbocycles. The van der Waals surface area contributed by atoms with Gasteiger partial charge in [0.05, 0.1) is 5.75 Å². The number of hydrogen-bond donors (Lipinski definition) is 0. The van der Waals surface area contributed by atoms with Crippen LogP contribution in [0.4, 0.5) is 0 Å². The van der Waals surface area contributed by atoms with E-state index < -0.39 is 9.84 Å². The molecule has 0 bridgehead atoms. The van der Waals surface area contributed by atoms with Gasteiger partial charge in [-0.1, -0.05) is 22.9 Å². The highest BCUT2D eigenvalue weighted by Crippen LogP contribution is 2.50. The Morgan fingerprint density at radius 2 is 2.00 bits per heavy atom. The second-order valence-corrected chi connectivity index (χ2v) is 7.01. The van der Waals surface area contributed by atoms with Crippen LogP contribution in [-0.2, 0) is 9.84 Å². The van der Waals surface area contributed by atoms with Crippen molar-refractivity contribution in [2.45, 2.75) is 32.6 Å².